The molecule has 0 amide bonds. The van der Waals surface area contributed by atoms with Gasteiger partial charge in [-0.2, -0.15) is 0 Å². The summed E-state index contributed by atoms with van der Waals surface area (Å²) in [5.41, 5.74) is 14.8. The van der Waals surface area contributed by atoms with Crippen LogP contribution in [0.4, 0.5) is 17.1 Å². The van der Waals surface area contributed by atoms with Gasteiger partial charge in [-0.15, -0.1) is 11.3 Å². The highest BCUT2D eigenvalue weighted by atomic mass is 32.1. The van der Waals surface area contributed by atoms with Gasteiger partial charge in [0.2, 0.25) is 0 Å². The predicted molar refractivity (Wildman–Crippen MR) is 277 cm³/mol. The zero-order chi connectivity index (χ0) is 42.4. The molecule has 0 radical (unpaired) electrons. The van der Waals surface area contributed by atoms with Crippen molar-refractivity contribution < 1.29 is 0 Å². The number of nitrogens with zero attached hydrogens (tertiary/aromatic N) is 1. The summed E-state index contributed by atoms with van der Waals surface area (Å²) in [4.78, 5) is 2.49. The van der Waals surface area contributed by atoms with Gasteiger partial charge in [-0.25, -0.2) is 0 Å². The minimum atomic E-state index is 0.586. The average molecular weight is 838 g/mol. The van der Waals surface area contributed by atoms with E-state index in [1.807, 2.05) is 11.3 Å². The van der Waals surface area contributed by atoms with E-state index in [-0.39, 0.29) is 0 Å². The fourth-order valence-corrected chi connectivity index (χ4v) is 11.8. The molecule has 1 aliphatic carbocycles. The molecule has 1 saturated carbocycles. The molecule has 1 heterocycles. The second kappa shape index (κ2) is 16.5. The van der Waals surface area contributed by atoms with Crippen molar-refractivity contribution in [3.63, 3.8) is 0 Å². The Balaban J connectivity index is 1.000. The van der Waals surface area contributed by atoms with Crippen molar-refractivity contribution in [1.82, 2.24) is 0 Å². The fourth-order valence-electron chi connectivity index (χ4n) is 10.6. The van der Waals surface area contributed by atoms with E-state index >= 15 is 0 Å². The summed E-state index contributed by atoms with van der Waals surface area (Å²) in [7, 11) is 0. The van der Waals surface area contributed by atoms with Crippen LogP contribution >= 0.6 is 11.3 Å². The van der Waals surface area contributed by atoms with E-state index in [0.717, 1.165) is 17.1 Å². The highest BCUT2D eigenvalue weighted by Gasteiger charge is 2.23. The Morgan fingerprint density at radius 1 is 0.359 bits per heavy atom. The van der Waals surface area contributed by atoms with Crippen LogP contribution in [0.2, 0.25) is 0 Å². The maximum absolute atomic E-state index is 2.49. The second-order valence-electron chi connectivity index (χ2n) is 17.4. The largest absolute Gasteiger partial charge is 0.310 e. The SMILES string of the molecule is c1cc(-c2cccc3sc4ccccc4c23)cc(N(c2ccc(-c3ccc(-c4cccc5ccccc45)cc3)cc2)c2ccccc2-c2cccc3cccc(C4CCCCC4)c23)c1. The van der Waals surface area contributed by atoms with E-state index in [9.17, 15) is 0 Å². The molecule has 12 rings (SSSR count). The van der Waals surface area contributed by atoms with Crippen LogP contribution in [0.15, 0.2) is 218 Å². The smallest absolute Gasteiger partial charge is 0.0540 e. The van der Waals surface area contributed by atoms with Crippen LogP contribution < -0.4 is 4.90 Å². The van der Waals surface area contributed by atoms with Crippen molar-refractivity contribution in [2.75, 3.05) is 4.90 Å². The van der Waals surface area contributed by atoms with Crippen molar-refractivity contribution in [1.29, 1.82) is 0 Å². The normalized spacial score (nSPS) is 13.2. The van der Waals surface area contributed by atoms with E-state index in [2.05, 4.69) is 223 Å². The Bertz CT molecular complexity index is 3470. The molecule has 0 bridgehead atoms. The summed E-state index contributed by atoms with van der Waals surface area (Å²) in [6, 6.07) is 81.2. The topological polar surface area (TPSA) is 3.24 Å². The van der Waals surface area contributed by atoms with Crippen molar-refractivity contribution in [3.05, 3.63) is 224 Å². The maximum Gasteiger partial charge on any atom is 0.0540 e. The second-order valence-corrected chi connectivity index (χ2v) is 18.5. The highest BCUT2D eigenvalue weighted by molar-refractivity contribution is 7.25. The van der Waals surface area contributed by atoms with Gasteiger partial charge in [0, 0.05) is 37.1 Å². The highest BCUT2D eigenvalue weighted by Crippen LogP contribution is 2.47. The van der Waals surface area contributed by atoms with Gasteiger partial charge in [0.05, 0.1) is 5.69 Å². The number of rotatable bonds is 8. The van der Waals surface area contributed by atoms with Crippen LogP contribution in [-0.4, -0.2) is 0 Å². The third-order valence-electron chi connectivity index (χ3n) is 13.7. The van der Waals surface area contributed by atoms with Crippen molar-refractivity contribution >= 4 is 70.1 Å². The Kier molecular flexibility index (Phi) is 9.88. The molecule has 0 saturated heterocycles. The monoisotopic (exact) mass is 837 g/mol. The van der Waals surface area contributed by atoms with Crippen LogP contribution in [0.25, 0.3) is 86.2 Å². The molecule has 1 nitrogen and oxygen atoms in total. The molecular weight excluding hydrogens is 791 g/mol. The van der Waals surface area contributed by atoms with Crippen LogP contribution in [0.1, 0.15) is 43.6 Å². The summed E-state index contributed by atoms with van der Waals surface area (Å²) in [6.45, 7) is 0. The number of anilines is 3. The van der Waals surface area contributed by atoms with Crippen molar-refractivity contribution in [2.24, 2.45) is 0 Å². The molecule has 1 aliphatic rings. The van der Waals surface area contributed by atoms with Crippen molar-refractivity contribution in [2.45, 2.75) is 38.0 Å². The fraction of sp³-hybridized carbons (Fsp3) is 0.0968. The van der Waals surface area contributed by atoms with Gasteiger partial charge >= 0.3 is 0 Å². The van der Waals surface area contributed by atoms with Gasteiger partial charge < -0.3 is 4.90 Å². The van der Waals surface area contributed by atoms with Gasteiger partial charge in [-0.05, 0) is 127 Å². The lowest BCUT2D eigenvalue weighted by atomic mass is 9.80. The molecule has 0 atom stereocenters. The summed E-state index contributed by atoms with van der Waals surface area (Å²) in [5.74, 6) is 0.586. The molecular formula is C62H47NS. The first-order valence-corrected chi connectivity index (χ1v) is 23.7. The summed E-state index contributed by atoms with van der Waals surface area (Å²) in [6.07, 6.45) is 6.49. The predicted octanol–water partition coefficient (Wildman–Crippen LogP) is 18.5. The molecule has 0 N–H and O–H groups in total. The van der Waals surface area contributed by atoms with Crippen LogP contribution in [0.3, 0.4) is 0 Å². The summed E-state index contributed by atoms with van der Waals surface area (Å²) in [5, 5.41) is 7.90. The quantitative estimate of drug-likeness (QED) is 0.147. The molecule has 0 unspecified atom stereocenters. The van der Waals surface area contributed by atoms with Gasteiger partial charge in [0.1, 0.15) is 0 Å². The molecule has 1 fully saturated rings. The lowest BCUT2D eigenvalue weighted by Gasteiger charge is -2.29. The van der Waals surface area contributed by atoms with Crippen LogP contribution in [-0.2, 0) is 0 Å². The molecule has 0 aliphatic heterocycles. The first-order valence-electron chi connectivity index (χ1n) is 22.9. The van der Waals surface area contributed by atoms with Gasteiger partial charge in [-0.1, -0.05) is 195 Å². The molecule has 11 aromatic rings. The molecule has 10 aromatic carbocycles. The Hall–Kier alpha value is -7.26. The zero-order valence-electron chi connectivity index (χ0n) is 35.8. The van der Waals surface area contributed by atoms with Gasteiger partial charge in [-0.3, -0.25) is 0 Å². The van der Waals surface area contributed by atoms with Gasteiger partial charge in [0.25, 0.3) is 0 Å². The van der Waals surface area contributed by atoms with E-state index in [1.165, 1.54) is 124 Å². The molecule has 2 heteroatoms. The number of benzene rings is 10. The first-order chi connectivity index (χ1) is 31.7. The number of hydrogen-bond acceptors (Lipinski definition) is 2. The van der Waals surface area contributed by atoms with Crippen LogP contribution in [0.5, 0.6) is 0 Å². The third kappa shape index (κ3) is 6.87. The Morgan fingerprint density at radius 2 is 0.953 bits per heavy atom. The van der Waals surface area contributed by atoms with E-state index in [4.69, 9.17) is 0 Å². The van der Waals surface area contributed by atoms with Crippen LogP contribution in [0, 0.1) is 0 Å². The van der Waals surface area contributed by atoms with E-state index < -0.39 is 0 Å². The van der Waals surface area contributed by atoms with E-state index in [1.54, 1.807) is 0 Å². The molecule has 0 spiro atoms. The lowest BCUT2D eigenvalue weighted by molar-refractivity contribution is 0.445. The third-order valence-corrected chi connectivity index (χ3v) is 14.8. The molecule has 1 aromatic heterocycles. The Morgan fingerprint density at radius 3 is 1.80 bits per heavy atom. The lowest BCUT2D eigenvalue weighted by Crippen LogP contribution is -2.11. The van der Waals surface area contributed by atoms with E-state index in [0.29, 0.717) is 5.92 Å². The average Bonchev–Trinajstić information content (AvgIpc) is 3.76. The number of para-hydroxylation sites is 1. The molecule has 64 heavy (non-hydrogen) atoms. The van der Waals surface area contributed by atoms with Crippen molar-refractivity contribution in [3.8, 4) is 44.5 Å². The standard InChI is InChI=1S/C62H47NS/c1-2-15-45(16-3-1)53-27-12-19-47-20-13-29-56(61(47)53)55-24-6-8-30-58(55)63(50-22-10-21-48(41-50)54-28-14-32-60-62(54)57-25-7-9-31-59(57)64-60)49-39-37-43(38-40-49)42-33-35-46(36-34-42)52-26-11-18-44-17-4-5-23-51(44)52/h4-14,17-41,45H,1-3,15-16H2. The number of hydrogen-bond donors (Lipinski definition) is 0. The summed E-state index contributed by atoms with van der Waals surface area (Å²) < 4.78 is 2.64. The minimum absolute atomic E-state index is 0.586. The number of thiophene rings is 1. The van der Waals surface area contributed by atoms with Gasteiger partial charge in [0.15, 0.2) is 0 Å². The maximum atomic E-state index is 2.49. The molecule has 306 valence electrons. The first kappa shape index (κ1) is 38.4. The summed E-state index contributed by atoms with van der Waals surface area (Å²) >= 11 is 1.88. The Labute approximate surface area is 379 Å². The zero-order valence-corrected chi connectivity index (χ0v) is 36.6. The minimum Gasteiger partial charge on any atom is -0.310 e. The number of fused-ring (bicyclic) bond motifs is 5.